The van der Waals surface area contributed by atoms with Gasteiger partial charge in [0.25, 0.3) is 11.6 Å². The number of aromatic amines is 2. The van der Waals surface area contributed by atoms with Crippen LogP contribution in [0.4, 0.5) is 5.69 Å². The largest absolute Gasteiger partial charge is 0.316 e. The summed E-state index contributed by atoms with van der Waals surface area (Å²) in [5.74, 6) is -0.750. The topological polar surface area (TPSA) is 150 Å². The molecule has 0 saturated heterocycles. The van der Waals surface area contributed by atoms with Gasteiger partial charge in [0.15, 0.2) is 4.32 Å². The molecule has 24 heavy (non-hydrogen) atoms. The van der Waals surface area contributed by atoms with Gasteiger partial charge in [-0.15, -0.1) is 0 Å². The van der Waals surface area contributed by atoms with Gasteiger partial charge in [-0.05, 0) is 13.2 Å². The van der Waals surface area contributed by atoms with Gasteiger partial charge in [-0.2, -0.15) is 0 Å². The molecule has 4 N–H and O–H groups in total. The van der Waals surface area contributed by atoms with Gasteiger partial charge in [0, 0.05) is 11.6 Å². The van der Waals surface area contributed by atoms with E-state index in [9.17, 15) is 24.5 Å². The van der Waals surface area contributed by atoms with Gasteiger partial charge >= 0.3 is 11.1 Å². The number of benzene rings is 1. The number of hydrazine groups is 1. The Morgan fingerprint density at radius 1 is 1.29 bits per heavy atom. The van der Waals surface area contributed by atoms with E-state index in [4.69, 9.17) is 12.2 Å². The van der Waals surface area contributed by atoms with E-state index < -0.39 is 21.9 Å². The maximum Gasteiger partial charge on any atom is 0.314 e. The fourth-order valence-corrected chi connectivity index (χ4v) is 2.24. The van der Waals surface area contributed by atoms with Gasteiger partial charge in [-0.3, -0.25) is 35.3 Å². The average Bonchev–Trinajstić information content (AvgIpc) is 2.53. The molecule has 1 aromatic carbocycles. The Bertz CT molecular complexity index is 980. The van der Waals surface area contributed by atoms with Crippen LogP contribution in [0.25, 0.3) is 11.0 Å². The first kappa shape index (κ1) is 17.6. The number of amides is 1. The Balaban J connectivity index is 2.71. The Hall–Kier alpha value is -2.73. The van der Waals surface area contributed by atoms with Crippen molar-refractivity contribution in [3.63, 3.8) is 0 Å². The lowest BCUT2D eigenvalue weighted by Crippen LogP contribution is -2.40. The molecule has 126 valence electrons. The maximum absolute atomic E-state index is 12.4. The number of rotatable bonds is 2. The van der Waals surface area contributed by atoms with Crippen molar-refractivity contribution in [1.29, 1.82) is 0 Å². The van der Waals surface area contributed by atoms with Gasteiger partial charge in [-0.1, -0.05) is 24.0 Å². The predicted octanol–water partition coefficient (Wildman–Crippen LogP) is 0.315. The fourth-order valence-electron chi connectivity index (χ4n) is 2.04. The summed E-state index contributed by atoms with van der Waals surface area (Å²) >= 11 is 6.06. The molecule has 0 aliphatic heterocycles. The number of nitrogens with one attached hydrogen (secondary N) is 4. The van der Waals surface area contributed by atoms with E-state index in [1.54, 1.807) is 6.26 Å². The van der Waals surface area contributed by atoms with E-state index >= 15 is 0 Å². The lowest BCUT2D eigenvalue weighted by molar-refractivity contribution is -0.385. The van der Waals surface area contributed by atoms with Crippen LogP contribution in [-0.2, 0) is 0 Å². The van der Waals surface area contributed by atoms with Crippen molar-refractivity contribution in [3.8, 4) is 0 Å². The van der Waals surface area contributed by atoms with E-state index in [1.165, 1.54) is 18.7 Å². The number of fused-ring (bicyclic) bond motifs is 1. The zero-order valence-electron chi connectivity index (χ0n) is 12.4. The van der Waals surface area contributed by atoms with Gasteiger partial charge in [-0.25, -0.2) is 0 Å². The molecule has 0 spiro atoms. The van der Waals surface area contributed by atoms with Crippen LogP contribution >= 0.6 is 24.0 Å². The average molecular weight is 369 g/mol. The SMILES string of the molecule is CSC(=S)NNC(=O)c1c(C)c([N+](=O)[O-])cc2[nH]c(=O)c(=O)[nH]c12. The summed E-state index contributed by atoms with van der Waals surface area (Å²) in [5, 5.41) is 11.2. The zero-order valence-corrected chi connectivity index (χ0v) is 14.0. The molecule has 0 aliphatic carbocycles. The molecule has 0 bridgehead atoms. The number of carbonyl (C=O) groups excluding carboxylic acids is 1. The highest BCUT2D eigenvalue weighted by molar-refractivity contribution is 8.22. The lowest BCUT2D eigenvalue weighted by atomic mass is 10.0. The zero-order chi connectivity index (χ0) is 18.0. The van der Waals surface area contributed by atoms with Crippen molar-refractivity contribution in [3.05, 3.63) is 48.0 Å². The number of nitrogens with zero attached hydrogens (tertiary/aromatic N) is 1. The number of hydrogen-bond acceptors (Lipinski definition) is 7. The summed E-state index contributed by atoms with van der Waals surface area (Å²) in [6, 6.07) is 1.08. The summed E-state index contributed by atoms with van der Waals surface area (Å²) in [7, 11) is 0. The second-order valence-electron chi connectivity index (χ2n) is 4.55. The number of thiocarbonyl (C=S) groups is 1. The third-order valence-electron chi connectivity index (χ3n) is 3.14. The monoisotopic (exact) mass is 369 g/mol. The number of nitro groups is 1. The van der Waals surface area contributed by atoms with Crippen LogP contribution < -0.4 is 22.0 Å². The molecule has 2 aromatic rings. The van der Waals surface area contributed by atoms with E-state index in [1.807, 2.05) is 0 Å². The van der Waals surface area contributed by atoms with E-state index in [2.05, 4.69) is 20.8 Å². The fraction of sp³-hybridized carbons (Fsp3) is 0.167. The number of nitro benzene ring substituents is 1. The molecular weight excluding hydrogens is 358 g/mol. The summed E-state index contributed by atoms with van der Waals surface area (Å²) in [5.41, 5.74) is 2.26. The van der Waals surface area contributed by atoms with Crippen LogP contribution in [0.5, 0.6) is 0 Å². The highest BCUT2D eigenvalue weighted by Gasteiger charge is 2.24. The van der Waals surface area contributed by atoms with Crippen LogP contribution in [-0.4, -0.2) is 31.4 Å². The molecule has 12 heteroatoms. The number of H-pyrrole nitrogens is 2. The van der Waals surface area contributed by atoms with Crippen molar-refractivity contribution in [2.24, 2.45) is 0 Å². The normalized spacial score (nSPS) is 10.4. The Labute approximate surface area is 143 Å². The third-order valence-corrected chi connectivity index (χ3v) is 4.21. The molecule has 1 aromatic heterocycles. The van der Waals surface area contributed by atoms with Gasteiger partial charge < -0.3 is 9.97 Å². The minimum absolute atomic E-state index is 0.0166. The van der Waals surface area contributed by atoms with Crippen LogP contribution in [0.1, 0.15) is 15.9 Å². The Morgan fingerprint density at radius 3 is 2.50 bits per heavy atom. The van der Waals surface area contributed by atoms with Crippen molar-refractivity contribution in [2.45, 2.75) is 6.92 Å². The molecule has 1 heterocycles. The van der Waals surface area contributed by atoms with Gasteiger partial charge in [0.1, 0.15) is 0 Å². The highest BCUT2D eigenvalue weighted by atomic mass is 32.2. The lowest BCUT2D eigenvalue weighted by Gasteiger charge is -2.12. The maximum atomic E-state index is 12.4. The van der Waals surface area contributed by atoms with Crippen LogP contribution in [0.2, 0.25) is 0 Å². The molecule has 0 saturated carbocycles. The van der Waals surface area contributed by atoms with Crippen molar-refractivity contribution < 1.29 is 9.72 Å². The van der Waals surface area contributed by atoms with Crippen molar-refractivity contribution in [1.82, 2.24) is 20.8 Å². The number of hydrogen-bond donors (Lipinski definition) is 4. The smallest absolute Gasteiger partial charge is 0.314 e. The molecule has 0 aliphatic rings. The number of aromatic nitrogens is 2. The molecule has 0 fully saturated rings. The summed E-state index contributed by atoms with van der Waals surface area (Å²) < 4.78 is 0.276. The molecule has 1 amide bonds. The highest BCUT2D eigenvalue weighted by Crippen LogP contribution is 2.27. The van der Waals surface area contributed by atoms with Crippen molar-refractivity contribution in [2.75, 3.05) is 6.26 Å². The number of carbonyl (C=O) groups is 1. The third kappa shape index (κ3) is 3.28. The number of thioether (sulfide) groups is 1. The molecule has 0 atom stereocenters. The first-order valence-corrected chi connectivity index (χ1v) is 7.98. The van der Waals surface area contributed by atoms with Crippen LogP contribution in [0.3, 0.4) is 0 Å². The molecule has 0 radical (unpaired) electrons. The quantitative estimate of drug-likeness (QED) is 0.256. The van der Waals surface area contributed by atoms with E-state index in [0.29, 0.717) is 0 Å². The van der Waals surface area contributed by atoms with Crippen molar-refractivity contribution >= 4 is 50.9 Å². The first-order chi connectivity index (χ1) is 11.3. The van der Waals surface area contributed by atoms with E-state index in [-0.39, 0.29) is 32.2 Å². The van der Waals surface area contributed by atoms with E-state index in [0.717, 1.165) is 6.07 Å². The van der Waals surface area contributed by atoms with Gasteiger partial charge in [0.2, 0.25) is 0 Å². The molecule has 0 unspecified atom stereocenters. The van der Waals surface area contributed by atoms with Gasteiger partial charge in [0.05, 0.1) is 21.5 Å². The minimum atomic E-state index is -0.978. The predicted molar refractivity (Wildman–Crippen MR) is 93.3 cm³/mol. The Morgan fingerprint density at radius 2 is 1.92 bits per heavy atom. The summed E-state index contributed by atoms with van der Waals surface area (Å²) in [6.07, 6.45) is 1.69. The standard InChI is InChI=1S/C12H11N5O5S2/c1-4-6(17(21)22)3-5-8(14-11(20)10(19)13-5)7(4)9(18)15-16-12(23)24-2/h3H,1-2H3,(H,13,19)(H,14,20)(H,15,18)(H,16,23). The van der Waals surface area contributed by atoms with Crippen LogP contribution in [0, 0.1) is 17.0 Å². The summed E-state index contributed by atoms with van der Waals surface area (Å²) in [6.45, 7) is 1.36. The summed E-state index contributed by atoms with van der Waals surface area (Å²) in [4.78, 5) is 50.3. The molecular formula is C12H11N5O5S2. The molecule has 10 nitrogen and oxygen atoms in total. The molecule has 2 rings (SSSR count). The second-order valence-corrected chi connectivity index (χ2v) is 6.04. The first-order valence-electron chi connectivity index (χ1n) is 6.34. The van der Waals surface area contributed by atoms with Crippen LogP contribution in [0.15, 0.2) is 15.7 Å². The minimum Gasteiger partial charge on any atom is -0.316 e. The second kappa shape index (κ2) is 6.80. The Kier molecular flexibility index (Phi) is 4.99.